The quantitative estimate of drug-likeness (QED) is 0.587. The Balaban J connectivity index is 2.28. The first-order chi connectivity index (χ1) is 6.29. The van der Waals surface area contributed by atoms with E-state index in [1.54, 1.807) is 12.4 Å². The average molecular weight is 178 g/mol. The van der Waals surface area contributed by atoms with E-state index in [-0.39, 0.29) is 6.17 Å². The van der Waals surface area contributed by atoms with Gasteiger partial charge in [-0.05, 0) is 24.3 Å². The van der Waals surface area contributed by atoms with E-state index in [4.69, 9.17) is 5.11 Å². The Morgan fingerprint density at radius 2 is 2.54 bits per heavy atom. The highest BCUT2D eigenvalue weighted by Gasteiger charge is 2.26. The molecule has 1 amide bonds. The predicted molar refractivity (Wildman–Crippen MR) is 47.8 cm³/mol. The van der Waals surface area contributed by atoms with Gasteiger partial charge in [-0.25, -0.2) is 4.79 Å². The van der Waals surface area contributed by atoms with Crippen LogP contribution in [0.4, 0.5) is 4.79 Å². The number of hydrogen-bond acceptors (Lipinski definition) is 2. The zero-order valence-corrected chi connectivity index (χ0v) is 6.97. The van der Waals surface area contributed by atoms with Crippen LogP contribution < -0.4 is 5.32 Å². The van der Waals surface area contributed by atoms with Gasteiger partial charge in [0.15, 0.2) is 0 Å². The summed E-state index contributed by atoms with van der Waals surface area (Å²) in [5.74, 6) is 0. The molecule has 68 valence electrons. The molecule has 4 nitrogen and oxygen atoms in total. The zero-order valence-electron chi connectivity index (χ0n) is 6.97. The van der Waals surface area contributed by atoms with Gasteiger partial charge in [-0.3, -0.25) is 4.90 Å². The average Bonchev–Trinajstić information content (AvgIpc) is 2.17. The van der Waals surface area contributed by atoms with Gasteiger partial charge in [0.25, 0.3) is 0 Å². The Hall–Kier alpha value is -1.71. The van der Waals surface area contributed by atoms with Crippen molar-refractivity contribution < 1.29 is 9.90 Å². The summed E-state index contributed by atoms with van der Waals surface area (Å²) in [5, 5.41) is 11.9. The molecule has 2 N–H and O–H groups in total. The summed E-state index contributed by atoms with van der Waals surface area (Å²) in [6, 6.07) is 0. The number of amides is 1. The molecule has 0 aliphatic carbocycles. The van der Waals surface area contributed by atoms with Crippen LogP contribution in [0.15, 0.2) is 36.2 Å². The molecule has 0 saturated carbocycles. The molecular formula is C9H10N2O2. The van der Waals surface area contributed by atoms with Crippen LogP contribution in [0.3, 0.4) is 0 Å². The van der Waals surface area contributed by atoms with Gasteiger partial charge in [-0.2, -0.15) is 0 Å². The number of carboxylic acid groups (broad SMARTS) is 1. The van der Waals surface area contributed by atoms with Gasteiger partial charge in [-0.15, -0.1) is 0 Å². The predicted octanol–water partition coefficient (Wildman–Crippen LogP) is 1.25. The molecule has 0 aromatic rings. The van der Waals surface area contributed by atoms with Crippen molar-refractivity contribution in [3.8, 4) is 0 Å². The molecule has 0 bridgehead atoms. The minimum absolute atomic E-state index is 0.215. The van der Waals surface area contributed by atoms with Gasteiger partial charge in [0.05, 0.1) is 0 Å². The van der Waals surface area contributed by atoms with E-state index in [0.717, 1.165) is 12.0 Å². The maximum absolute atomic E-state index is 10.8. The number of fused-ring (bicyclic) bond motifs is 1. The first-order valence-corrected chi connectivity index (χ1v) is 4.08. The van der Waals surface area contributed by atoms with Crippen LogP contribution >= 0.6 is 0 Å². The molecule has 0 aromatic heterocycles. The Bertz CT molecular complexity index is 318. The molecule has 0 fully saturated rings. The number of allylic oxidation sites excluding steroid dienone is 3. The lowest BCUT2D eigenvalue weighted by molar-refractivity contribution is 0.147. The number of rotatable bonds is 0. The van der Waals surface area contributed by atoms with Crippen molar-refractivity contribution in [2.45, 2.75) is 12.6 Å². The van der Waals surface area contributed by atoms with E-state index >= 15 is 0 Å². The summed E-state index contributed by atoms with van der Waals surface area (Å²) in [7, 11) is 0. The summed E-state index contributed by atoms with van der Waals surface area (Å²) in [5.41, 5.74) is 1.08. The highest BCUT2D eigenvalue weighted by Crippen LogP contribution is 2.21. The summed E-state index contributed by atoms with van der Waals surface area (Å²) in [6.45, 7) is 0. The van der Waals surface area contributed by atoms with Gasteiger partial charge in [0.2, 0.25) is 0 Å². The van der Waals surface area contributed by atoms with Gasteiger partial charge in [0.1, 0.15) is 6.17 Å². The van der Waals surface area contributed by atoms with Gasteiger partial charge in [0, 0.05) is 6.20 Å². The van der Waals surface area contributed by atoms with Crippen LogP contribution in [-0.2, 0) is 0 Å². The van der Waals surface area contributed by atoms with Crippen LogP contribution in [0.5, 0.6) is 0 Å². The smallest absolute Gasteiger partial charge is 0.413 e. The third kappa shape index (κ3) is 1.30. The molecular weight excluding hydrogens is 168 g/mol. The number of nitrogens with zero attached hydrogens (tertiary/aromatic N) is 1. The van der Waals surface area contributed by atoms with Gasteiger partial charge in [-0.1, -0.05) is 12.2 Å². The van der Waals surface area contributed by atoms with Crippen molar-refractivity contribution in [3.63, 3.8) is 0 Å². The minimum Gasteiger partial charge on any atom is -0.465 e. The van der Waals surface area contributed by atoms with Crippen molar-refractivity contribution in [1.82, 2.24) is 10.2 Å². The Morgan fingerprint density at radius 3 is 3.31 bits per heavy atom. The molecule has 1 unspecified atom stereocenters. The Labute approximate surface area is 75.8 Å². The van der Waals surface area contributed by atoms with Crippen molar-refractivity contribution in [2.24, 2.45) is 0 Å². The standard InChI is InChI=1S/C9H10N2O2/c12-9(13)11-6-2-4-7-3-1-5-10-8(7)11/h1-3,5-6,8,10H,4H2,(H,12,13). The maximum atomic E-state index is 10.8. The SMILES string of the molecule is O=C(O)N1C=CCC2=CC=CNC21. The second-order valence-electron chi connectivity index (χ2n) is 2.95. The second-order valence-corrected chi connectivity index (χ2v) is 2.95. The van der Waals surface area contributed by atoms with E-state index in [1.807, 2.05) is 18.2 Å². The second kappa shape index (κ2) is 2.97. The Morgan fingerprint density at radius 1 is 1.69 bits per heavy atom. The fourth-order valence-corrected chi connectivity index (χ4v) is 1.52. The third-order valence-electron chi connectivity index (χ3n) is 2.13. The van der Waals surface area contributed by atoms with Crippen LogP contribution in [-0.4, -0.2) is 22.3 Å². The van der Waals surface area contributed by atoms with E-state index in [0.29, 0.717) is 0 Å². The summed E-state index contributed by atoms with van der Waals surface area (Å²) in [6.07, 6.45) is 8.68. The van der Waals surface area contributed by atoms with Crippen molar-refractivity contribution in [1.29, 1.82) is 0 Å². The maximum Gasteiger partial charge on any atom is 0.413 e. The first kappa shape index (κ1) is 7.91. The number of hydrogen-bond donors (Lipinski definition) is 2. The van der Waals surface area contributed by atoms with Crippen molar-refractivity contribution in [3.05, 3.63) is 36.2 Å². The number of dihydropyridines is 1. The summed E-state index contributed by atoms with van der Waals surface area (Å²) >= 11 is 0. The van der Waals surface area contributed by atoms with Crippen LogP contribution in [0, 0.1) is 0 Å². The highest BCUT2D eigenvalue weighted by molar-refractivity contribution is 5.68. The van der Waals surface area contributed by atoms with Crippen LogP contribution in [0.2, 0.25) is 0 Å². The molecule has 4 heteroatoms. The molecule has 0 saturated heterocycles. The topological polar surface area (TPSA) is 52.6 Å². The van der Waals surface area contributed by atoms with E-state index in [9.17, 15) is 4.79 Å². The monoisotopic (exact) mass is 178 g/mol. The largest absolute Gasteiger partial charge is 0.465 e. The molecule has 13 heavy (non-hydrogen) atoms. The molecule has 2 aliphatic heterocycles. The van der Waals surface area contributed by atoms with Crippen LogP contribution in [0.25, 0.3) is 0 Å². The third-order valence-corrected chi connectivity index (χ3v) is 2.13. The molecule has 0 radical (unpaired) electrons. The zero-order chi connectivity index (χ0) is 9.26. The Kier molecular flexibility index (Phi) is 1.81. The lowest BCUT2D eigenvalue weighted by Crippen LogP contribution is -2.46. The fraction of sp³-hybridized carbons (Fsp3) is 0.222. The fourth-order valence-electron chi connectivity index (χ4n) is 1.52. The lowest BCUT2D eigenvalue weighted by Gasteiger charge is -2.33. The first-order valence-electron chi connectivity index (χ1n) is 4.08. The number of nitrogens with one attached hydrogen (secondary N) is 1. The van der Waals surface area contributed by atoms with Gasteiger partial charge < -0.3 is 10.4 Å². The highest BCUT2D eigenvalue weighted by atomic mass is 16.4. The molecule has 1 atom stereocenters. The number of carbonyl (C=O) groups is 1. The molecule has 2 aliphatic rings. The minimum atomic E-state index is -0.936. The van der Waals surface area contributed by atoms with E-state index < -0.39 is 6.09 Å². The van der Waals surface area contributed by atoms with E-state index in [1.165, 1.54) is 4.90 Å². The van der Waals surface area contributed by atoms with Crippen LogP contribution in [0.1, 0.15) is 6.42 Å². The lowest BCUT2D eigenvalue weighted by atomic mass is 10.0. The molecule has 0 spiro atoms. The van der Waals surface area contributed by atoms with Gasteiger partial charge >= 0.3 is 6.09 Å². The summed E-state index contributed by atoms with van der Waals surface area (Å²) in [4.78, 5) is 12.1. The van der Waals surface area contributed by atoms with E-state index in [2.05, 4.69) is 5.32 Å². The molecule has 2 rings (SSSR count). The van der Waals surface area contributed by atoms with Crippen molar-refractivity contribution >= 4 is 6.09 Å². The molecule has 0 aromatic carbocycles. The normalized spacial score (nSPS) is 24.8. The molecule has 2 heterocycles. The van der Waals surface area contributed by atoms with Crippen molar-refractivity contribution in [2.75, 3.05) is 0 Å². The summed E-state index contributed by atoms with van der Waals surface area (Å²) < 4.78 is 0.